The van der Waals surface area contributed by atoms with E-state index in [9.17, 15) is 4.79 Å². The number of carbonyl (C=O) groups excluding carboxylic acids is 1. The quantitative estimate of drug-likeness (QED) is 0.878. The van der Waals surface area contributed by atoms with Gasteiger partial charge in [-0.1, -0.05) is 24.6 Å². The first-order valence-corrected chi connectivity index (χ1v) is 7.72. The normalized spacial score (nSPS) is 16.2. The second-order valence-electron chi connectivity index (χ2n) is 5.71. The topological polar surface area (TPSA) is 45.3 Å². The second kappa shape index (κ2) is 6.31. The number of para-hydroxylation sites is 1. The molecular formula is C17H22N2O2. The van der Waals surface area contributed by atoms with Gasteiger partial charge in [-0.2, -0.15) is 0 Å². The van der Waals surface area contributed by atoms with E-state index >= 15 is 0 Å². The summed E-state index contributed by atoms with van der Waals surface area (Å²) >= 11 is 0. The second-order valence-corrected chi connectivity index (χ2v) is 5.71. The van der Waals surface area contributed by atoms with Crippen LogP contribution in [-0.2, 0) is 4.74 Å². The number of aryl methyl sites for hydroxylation is 1. The Kier molecular flexibility index (Phi) is 4.25. The van der Waals surface area contributed by atoms with E-state index in [0.717, 1.165) is 36.2 Å². The Morgan fingerprint density at radius 3 is 2.81 bits per heavy atom. The van der Waals surface area contributed by atoms with Crippen LogP contribution < -0.4 is 0 Å². The number of nitrogens with zero attached hydrogens (tertiary/aromatic N) is 1. The first kappa shape index (κ1) is 14.1. The summed E-state index contributed by atoms with van der Waals surface area (Å²) in [5.41, 5.74) is 2.53. The molecule has 0 unspecified atom stereocenters. The number of benzene rings is 1. The Labute approximate surface area is 125 Å². The van der Waals surface area contributed by atoms with Crippen LogP contribution in [0.2, 0.25) is 0 Å². The first-order valence-electron chi connectivity index (χ1n) is 7.72. The number of esters is 1. The molecule has 0 bridgehead atoms. The van der Waals surface area contributed by atoms with Crippen molar-refractivity contribution in [2.24, 2.45) is 0 Å². The maximum absolute atomic E-state index is 12.3. The van der Waals surface area contributed by atoms with Crippen LogP contribution in [0.25, 0.3) is 10.9 Å². The van der Waals surface area contributed by atoms with Crippen molar-refractivity contribution in [1.29, 1.82) is 0 Å². The lowest BCUT2D eigenvalue weighted by atomic mass is 10.1. The number of aromatic nitrogens is 1. The number of aromatic amines is 1. The molecule has 1 aromatic heterocycles. The van der Waals surface area contributed by atoms with Crippen molar-refractivity contribution in [2.45, 2.75) is 26.2 Å². The highest BCUT2D eigenvalue weighted by Gasteiger charge is 2.17. The van der Waals surface area contributed by atoms with Crippen molar-refractivity contribution in [3.05, 3.63) is 35.5 Å². The number of nitrogens with one attached hydrogen (secondary N) is 1. The fourth-order valence-corrected chi connectivity index (χ4v) is 3.06. The summed E-state index contributed by atoms with van der Waals surface area (Å²) in [6, 6.07) is 7.84. The van der Waals surface area contributed by atoms with Crippen molar-refractivity contribution in [3.8, 4) is 0 Å². The zero-order valence-electron chi connectivity index (χ0n) is 12.5. The molecule has 0 atom stereocenters. The van der Waals surface area contributed by atoms with E-state index in [4.69, 9.17) is 4.74 Å². The van der Waals surface area contributed by atoms with Crippen molar-refractivity contribution in [2.75, 3.05) is 26.2 Å². The minimum atomic E-state index is -0.220. The van der Waals surface area contributed by atoms with Gasteiger partial charge >= 0.3 is 5.97 Å². The third kappa shape index (κ3) is 3.10. The predicted molar refractivity (Wildman–Crippen MR) is 83.6 cm³/mol. The Hall–Kier alpha value is -1.81. The van der Waals surface area contributed by atoms with Gasteiger partial charge in [0, 0.05) is 23.1 Å². The minimum Gasteiger partial charge on any atom is -0.461 e. The molecule has 2 aromatic rings. The molecule has 21 heavy (non-hydrogen) atoms. The van der Waals surface area contributed by atoms with Crippen LogP contribution in [0, 0.1) is 6.92 Å². The smallest absolute Gasteiger partial charge is 0.340 e. The maximum atomic E-state index is 12.3. The number of hydrogen-bond acceptors (Lipinski definition) is 3. The number of ether oxygens (including phenoxy) is 1. The van der Waals surface area contributed by atoms with Crippen molar-refractivity contribution in [1.82, 2.24) is 9.88 Å². The number of piperidine rings is 1. The maximum Gasteiger partial charge on any atom is 0.340 e. The summed E-state index contributed by atoms with van der Waals surface area (Å²) < 4.78 is 5.48. The highest BCUT2D eigenvalue weighted by atomic mass is 16.5. The minimum absolute atomic E-state index is 0.220. The number of carbonyl (C=O) groups is 1. The van der Waals surface area contributed by atoms with Gasteiger partial charge in [-0.15, -0.1) is 0 Å². The van der Waals surface area contributed by atoms with E-state index < -0.39 is 0 Å². The van der Waals surface area contributed by atoms with E-state index in [2.05, 4.69) is 9.88 Å². The molecule has 4 heteroatoms. The lowest BCUT2D eigenvalue weighted by molar-refractivity contribution is 0.0453. The zero-order chi connectivity index (χ0) is 14.7. The van der Waals surface area contributed by atoms with Crippen LogP contribution in [0.15, 0.2) is 24.3 Å². The SMILES string of the molecule is Cc1[nH]c2ccccc2c1C(=O)OCCN1CCCCC1. The molecule has 2 heterocycles. The predicted octanol–water partition coefficient (Wildman–Crippen LogP) is 3.12. The molecule has 1 N–H and O–H groups in total. The van der Waals surface area contributed by atoms with Gasteiger partial charge in [0.05, 0.1) is 5.56 Å². The Morgan fingerprint density at radius 1 is 1.24 bits per heavy atom. The number of fused-ring (bicyclic) bond motifs is 1. The lowest BCUT2D eigenvalue weighted by Crippen LogP contribution is -2.33. The van der Waals surface area contributed by atoms with Crippen molar-refractivity contribution in [3.63, 3.8) is 0 Å². The fraction of sp³-hybridized carbons (Fsp3) is 0.471. The van der Waals surface area contributed by atoms with Crippen molar-refractivity contribution < 1.29 is 9.53 Å². The monoisotopic (exact) mass is 286 g/mol. The van der Waals surface area contributed by atoms with Gasteiger partial charge < -0.3 is 9.72 Å². The molecule has 0 saturated carbocycles. The largest absolute Gasteiger partial charge is 0.461 e. The van der Waals surface area contributed by atoms with Crippen LogP contribution in [0.5, 0.6) is 0 Å². The molecule has 0 spiro atoms. The molecule has 0 aliphatic carbocycles. The molecule has 1 fully saturated rings. The van der Waals surface area contributed by atoms with Gasteiger partial charge in [-0.3, -0.25) is 4.90 Å². The molecule has 1 aliphatic heterocycles. The van der Waals surface area contributed by atoms with Crippen LogP contribution in [0.4, 0.5) is 0 Å². The molecule has 0 amide bonds. The van der Waals surface area contributed by atoms with Gasteiger partial charge in [0.15, 0.2) is 0 Å². The van der Waals surface area contributed by atoms with E-state index in [0.29, 0.717) is 12.2 Å². The zero-order valence-corrected chi connectivity index (χ0v) is 12.5. The van der Waals surface area contributed by atoms with E-state index in [1.165, 1.54) is 19.3 Å². The summed E-state index contributed by atoms with van der Waals surface area (Å²) in [4.78, 5) is 17.9. The van der Waals surface area contributed by atoms with Gasteiger partial charge in [0.25, 0.3) is 0 Å². The van der Waals surface area contributed by atoms with Gasteiger partial charge in [0.2, 0.25) is 0 Å². The molecule has 1 aromatic carbocycles. The van der Waals surface area contributed by atoms with Crippen LogP contribution in [0.1, 0.15) is 35.3 Å². The van der Waals surface area contributed by atoms with Crippen LogP contribution >= 0.6 is 0 Å². The summed E-state index contributed by atoms with van der Waals surface area (Å²) in [7, 11) is 0. The summed E-state index contributed by atoms with van der Waals surface area (Å²) in [6.45, 7) is 5.49. The third-order valence-electron chi connectivity index (χ3n) is 4.19. The van der Waals surface area contributed by atoms with Gasteiger partial charge in [-0.25, -0.2) is 4.79 Å². The van der Waals surface area contributed by atoms with E-state index in [-0.39, 0.29) is 5.97 Å². The molecule has 3 rings (SSSR count). The third-order valence-corrected chi connectivity index (χ3v) is 4.19. The highest BCUT2D eigenvalue weighted by Crippen LogP contribution is 2.22. The molecule has 1 aliphatic rings. The molecular weight excluding hydrogens is 264 g/mol. The van der Waals surface area contributed by atoms with Crippen molar-refractivity contribution >= 4 is 16.9 Å². The molecule has 0 radical (unpaired) electrons. The van der Waals surface area contributed by atoms with E-state index in [1.807, 2.05) is 31.2 Å². The summed E-state index contributed by atoms with van der Waals surface area (Å²) in [5, 5.41) is 0.943. The fourth-order valence-electron chi connectivity index (χ4n) is 3.06. The first-order chi connectivity index (χ1) is 10.3. The Morgan fingerprint density at radius 2 is 2.00 bits per heavy atom. The van der Waals surface area contributed by atoms with Gasteiger partial charge in [0.1, 0.15) is 6.61 Å². The molecule has 112 valence electrons. The average molecular weight is 286 g/mol. The highest BCUT2D eigenvalue weighted by molar-refractivity contribution is 6.05. The van der Waals surface area contributed by atoms with Crippen LogP contribution in [-0.4, -0.2) is 42.1 Å². The van der Waals surface area contributed by atoms with Crippen LogP contribution in [0.3, 0.4) is 0 Å². The molecule has 4 nitrogen and oxygen atoms in total. The van der Waals surface area contributed by atoms with E-state index in [1.54, 1.807) is 0 Å². The average Bonchev–Trinajstić information content (AvgIpc) is 2.84. The summed E-state index contributed by atoms with van der Waals surface area (Å²) in [5.74, 6) is -0.220. The summed E-state index contributed by atoms with van der Waals surface area (Å²) in [6.07, 6.45) is 3.84. The number of rotatable bonds is 4. The number of likely N-dealkylation sites (tertiary alicyclic amines) is 1. The standard InChI is InChI=1S/C17H22N2O2/c1-13-16(14-7-3-4-8-15(14)18-13)17(20)21-12-11-19-9-5-2-6-10-19/h3-4,7-8,18H,2,5-6,9-12H2,1H3. The molecule has 1 saturated heterocycles. The number of hydrogen-bond donors (Lipinski definition) is 1. The lowest BCUT2D eigenvalue weighted by Gasteiger charge is -2.25. The Bertz CT molecular complexity index is 627. The Balaban J connectivity index is 1.62. The number of H-pyrrole nitrogens is 1. The van der Waals surface area contributed by atoms with Gasteiger partial charge in [-0.05, 0) is 38.9 Å².